The van der Waals surface area contributed by atoms with Gasteiger partial charge in [0.1, 0.15) is 0 Å². The molecule has 0 saturated carbocycles. The maximum absolute atomic E-state index is 12.6. The normalized spacial score (nSPS) is 19.8. The second kappa shape index (κ2) is 5.88. The monoisotopic (exact) mass is 290 g/mol. The van der Waals surface area contributed by atoms with Crippen LogP contribution in [0.2, 0.25) is 0 Å². The Hall–Kier alpha value is -1.84. The van der Waals surface area contributed by atoms with Gasteiger partial charge in [-0.1, -0.05) is 51.1 Å². The summed E-state index contributed by atoms with van der Waals surface area (Å²) in [6.07, 6.45) is 1.60. The minimum atomic E-state index is -1.23. The van der Waals surface area contributed by atoms with Crippen molar-refractivity contribution in [3.63, 3.8) is 0 Å². The average molecular weight is 290 g/mol. The SMILES string of the molecule is CCC1(CC)OC(=O)C(CC)(Cc2ccccc2)C(=O)O1. The summed E-state index contributed by atoms with van der Waals surface area (Å²) in [5, 5.41) is 0. The summed E-state index contributed by atoms with van der Waals surface area (Å²) in [6.45, 7) is 5.51. The van der Waals surface area contributed by atoms with E-state index in [1.807, 2.05) is 51.1 Å². The molecule has 1 saturated heterocycles. The molecular weight excluding hydrogens is 268 g/mol. The van der Waals surface area contributed by atoms with E-state index in [0.29, 0.717) is 25.7 Å². The van der Waals surface area contributed by atoms with E-state index in [-0.39, 0.29) is 0 Å². The van der Waals surface area contributed by atoms with Gasteiger partial charge in [0.25, 0.3) is 5.79 Å². The third-order valence-electron chi connectivity index (χ3n) is 4.37. The molecule has 1 fully saturated rings. The predicted octanol–water partition coefficient (Wildman–Crippen LogP) is 3.24. The Labute approximate surface area is 125 Å². The number of ether oxygens (including phenoxy) is 2. The van der Waals surface area contributed by atoms with Gasteiger partial charge < -0.3 is 9.47 Å². The average Bonchev–Trinajstić information content (AvgIpc) is 2.51. The number of carbonyl (C=O) groups excluding carboxylic acids is 2. The predicted molar refractivity (Wildman–Crippen MR) is 78.4 cm³/mol. The van der Waals surface area contributed by atoms with E-state index < -0.39 is 23.1 Å². The largest absolute Gasteiger partial charge is 0.422 e. The van der Waals surface area contributed by atoms with Crippen LogP contribution in [0, 0.1) is 5.41 Å². The molecule has 4 heteroatoms. The molecular formula is C17H22O4. The molecule has 0 spiro atoms. The summed E-state index contributed by atoms with van der Waals surface area (Å²) in [5.41, 5.74) is -0.302. The number of cyclic esters (lactones) is 2. The topological polar surface area (TPSA) is 52.6 Å². The van der Waals surface area contributed by atoms with E-state index in [4.69, 9.17) is 9.47 Å². The number of hydrogen-bond acceptors (Lipinski definition) is 4. The molecule has 1 aliphatic heterocycles. The van der Waals surface area contributed by atoms with Crippen LogP contribution in [0.25, 0.3) is 0 Å². The first-order valence-electron chi connectivity index (χ1n) is 7.52. The molecule has 0 aliphatic carbocycles. The second-order valence-corrected chi connectivity index (χ2v) is 5.49. The second-order valence-electron chi connectivity index (χ2n) is 5.49. The van der Waals surface area contributed by atoms with Crippen molar-refractivity contribution in [2.24, 2.45) is 5.41 Å². The summed E-state index contributed by atoms with van der Waals surface area (Å²) in [4.78, 5) is 25.1. The molecule has 0 amide bonds. The molecule has 1 aromatic carbocycles. The highest BCUT2D eigenvalue weighted by molar-refractivity contribution is 6.02. The fourth-order valence-corrected chi connectivity index (χ4v) is 2.68. The zero-order chi connectivity index (χ0) is 15.5. The highest BCUT2D eigenvalue weighted by Gasteiger charge is 2.56. The quantitative estimate of drug-likeness (QED) is 0.617. The van der Waals surface area contributed by atoms with Gasteiger partial charge in [-0.3, -0.25) is 9.59 Å². The first-order chi connectivity index (χ1) is 10.0. The minimum absolute atomic E-state index is 0.311. The molecule has 1 heterocycles. The van der Waals surface area contributed by atoms with E-state index in [0.717, 1.165) is 5.56 Å². The molecule has 21 heavy (non-hydrogen) atoms. The molecule has 1 aromatic rings. The lowest BCUT2D eigenvalue weighted by Gasteiger charge is -2.42. The maximum atomic E-state index is 12.6. The Morgan fingerprint density at radius 3 is 1.81 bits per heavy atom. The van der Waals surface area contributed by atoms with Crippen LogP contribution >= 0.6 is 0 Å². The summed E-state index contributed by atoms with van der Waals surface area (Å²) >= 11 is 0. The van der Waals surface area contributed by atoms with Crippen molar-refractivity contribution in [2.45, 2.75) is 52.2 Å². The Morgan fingerprint density at radius 2 is 1.38 bits per heavy atom. The van der Waals surface area contributed by atoms with Crippen LogP contribution in [0.3, 0.4) is 0 Å². The molecule has 0 aromatic heterocycles. The number of hydrogen-bond donors (Lipinski definition) is 0. The zero-order valence-corrected chi connectivity index (χ0v) is 12.8. The summed E-state index contributed by atoms with van der Waals surface area (Å²) in [7, 11) is 0. The van der Waals surface area contributed by atoms with Crippen LogP contribution in [-0.2, 0) is 25.5 Å². The van der Waals surface area contributed by atoms with Gasteiger partial charge >= 0.3 is 11.9 Å². The first kappa shape index (κ1) is 15.5. The molecule has 0 bridgehead atoms. The van der Waals surface area contributed by atoms with Gasteiger partial charge in [0.15, 0.2) is 5.41 Å². The van der Waals surface area contributed by atoms with Crippen molar-refractivity contribution in [1.29, 1.82) is 0 Å². The van der Waals surface area contributed by atoms with E-state index >= 15 is 0 Å². The third-order valence-corrected chi connectivity index (χ3v) is 4.37. The highest BCUT2D eigenvalue weighted by Crippen LogP contribution is 2.40. The number of benzene rings is 1. The molecule has 0 N–H and O–H groups in total. The van der Waals surface area contributed by atoms with Crippen LogP contribution < -0.4 is 0 Å². The van der Waals surface area contributed by atoms with Crippen LogP contribution in [0.15, 0.2) is 30.3 Å². The smallest absolute Gasteiger partial charge is 0.327 e. The Morgan fingerprint density at radius 1 is 0.857 bits per heavy atom. The van der Waals surface area contributed by atoms with Gasteiger partial charge in [-0.25, -0.2) is 0 Å². The van der Waals surface area contributed by atoms with Crippen molar-refractivity contribution in [2.75, 3.05) is 0 Å². The van der Waals surface area contributed by atoms with Gasteiger partial charge in [0, 0.05) is 12.8 Å². The van der Waals surface area contributed by atoms with E-state index in [2.05, 4.69) is 0 Å². The van der Waals surface area contributed by atoms with Crippen molar-refractivity contribution >= 4 is 11.9 Å². The number of carbonyl (C=O) groups is 2. The molecule has 0 radical (unpaired) electrons. The summed E-state index contributed by atoms with van der Waals surface area (Å²) < 4.78 is 11.1. The number of esters is 2. The molecule has 114 valence electrons. The van der Waals surface area contributed by atoms with Crippen LogP contribution in [-0.4, -0.2) is 17.7 Å². The Bertz CT molecular complexity index is 497. The van der Waals surface area contributed by atoms with Gasteiger partial charge in [-0.2, -0.15) is 0 Å². The van der Waals surface area contributed by atoms with E-state index in [9.17, 15) is 9.59 Å². The lowest BCUT2D eigenvalue weighted by Crippen LogP contribution is -2.56. The fourth-order valence-electron chi connectivity index (χ4n) is 2.68. The van der Waals surface area contributed by atoms with Gasteiger partial charge in [-0.05, 0) is 18.4 Å². The standard InChI is InChI=1S/C17H22O4/c1-4-16(12-13-10-8-7-9-11-13)14(18)20-17(5-2,6-3)21-15(16)19/h7-11H,4-6,12H2,1-3H3. The van der Waals surface area contributed by atoms with Gasteiger partial charge in [0.2, 0.25) is 0 Å². The third kappa shape index (κ3) is 2.67. The van der Waals surface area contributed by atoms with Crippen LogP contribution in [0.4, 0.5) is 0 Å². The highest BCUT2D eigenvalue weighted by atomic mass is 16.7. The first-order valence-corrected chi connectivity index (χ1v) is 7.52. The van der Waals surface area contributed by atoms with Crippen molar-refractivity contribution in [3.8, 4) is 0 Å². The molecule has 1 aliphatic rings. The maximum Gasteiger partial charge on any atom is 0.327 e. The lowest BCUT2D eigenvalue weighted by molar-refractivity contribution is -0.264. The zero-order valence-electron chi connectivity index (χ0n) is 12.8. The van der Waals surface area contributed by atoms with Crippen molar-refractivity contribution < 1.29 is 19.1 Å². The van der Waals surface area contributed by atoms with Crippen LogP contribution in [0.1, 0.15) is 45.6 Å². The van der Waals surface area contributed by atoms with E-state index in [1.165, 1.54) is 0 Å². The molecule has 2 rings (SSSR count). The Kier molecular flexibility index (Phi) is 4.35. The Balaban J connectivity index is 2.32. The molecule has 4 nitrogen and oxygen atoms in total. The summed E-state index contributed by atoms with van der Waals surface area (Å²) in [6, 6.07) is 9.49. The fraction of sp³-hybridized carbons (Fsp3) is 0.529. The molecule has 0 atom stereocenters. The number of rotatable bonds is 5. The molecule has 0 unspecified atom stereocenters. The van der Waals surface area contributed by atoms with Gasteiger partial charge in [0.05, 0.1) is 0 Å². The van der Waals surface area contributed by atoms with Crippen molar-refractivity contribution in [1.82, 2.24) is 0 Å². The van der Waals surface area contributed by atoms with Gasteiger partial charge in [-0.15, -0.1) is 0 Å². The van der Waals surface area contributed by atoms with E-state index in [1.54, 1.807) is 0 Å². The minimum Gasteiger partial charge on any atom is -0.422 e. The van der Waals surface area contributed by atoms with Crippen molar-refractivity contribution in [3.05, 3.63) is 35.9 Å². The van der Waals surface area contributed by atoms with Crippen LogP contribution in [0.5, 0.6) is 0 Å². The lowest BCUT2D eigenvalue weighted by atomic mass is 9.78. The summed E-state index contributed by atoms with van der Waals surface area (Å²) in [5.74, 6) is -2.02.